The fraction of sp³-hybridized carbons (Fsp3) is 0.686. The van der Waals surface area contributed by atoms with Crippen molar-refractivity contribution in [3.05, 3.63) is 59.8 Å². The average molecular weight is 575 g/mol. The molecule has 0 unspecified atom stereocenters. The zero-order chi connectivity index (χ0) is 31.1. The molecule has 0 aliphatic heterocycles. The van der Waals surface area contributed by atoms with E-state index in [2.05, 4.69) is 107 Å². The van der Waals surface area contributed by atoms with Crippen molar-refractivity contribution in [3.8, 4) is 0 Å². The minimum atomic E-state index is -1.96. The number of allylic oxidation sites excluding steroid dienone is 7. The maximum absolute atomic E-state index is 11.4. The molecule has 2 N–H and O–H groups in total. The van der Waals surface area contributed by atoms with Crippen LogP contribution in [-0.2, 0) is 9.22 Å². The molecule has 0 saturated heterocycles. The van der Waals surface area contributed by atoms with E-state index in [4.69, 9.17) is 4.43 Å². The second kappa shape index (κ2) is 18.8. The molecule has 0 aromatic carbocycles. The fourth-order valence-electron chi connectivity index (χ4n) is 4.51. The lowest BCUT2D eigenvalue weighted by Crippen LogP contribution is -2.49. The molecule has 40 heavy (non-hydrogen) atoms. The summed E-state index contributed by atoms with van der Waals surface area (Å²) >= 11 is 0. The minimum absolute atomic E-state index is 0.0242. The van der Waals surface area contributed by atoms with Gasteiger partial charge in [0.25, 0.3) is 0 Å². The SMILES string of the molecule is CCC(=C/[C@H](C)C/C=C/C(C)=C/[C@@H](C)[C@@H](O)[C@@H](C)[C@H](O[Si](C)(C)C(C)(C)C)[C@@H](C)CC)/C=C/[C@H](O)C/C=C/C=O. The third-order valence-corrected chi connectivity index (χ3v) is 13.0. The van der Waals surface area contributed by atoms with E-state index in [1.165, 1.54) is 11.6 Å². The highest BCUT2D eigenvalue weighted by molar-refractivity contribution is 6.74. The van der Waals surface area contributed by atoms with Gasteiger partial charge in [-0.05, 0) is 62.2 Å². The average Bonchev–Trinajstić information content (AvgIpc) is 2.87. The van der Waals surface area contributed by atoms with Gasteiger partial charge in [-0.1, -0.05) is 122 Å². The van der Waals surface area contributed by atoms with Gasteiger partial charge in [-0.25, -0.2) is 0 Å². The van der Waals surface area contributed by atoms with E-state index in [1.807, 2.05) is 6.08 Å². The fourth-order valence-corrected chi connectivity index (χ4v) is 5.99. The van der Waals surface area contributed by atoms with E-state index < -0.39 is 20.5 Å². The van der Waals surface area contributed by atoms with Gasteiger partial charge in [0.15, 0.2) is 8.32 Å². The summed E-state index contributed by atoms with van der Waals surface area (Å²) in [6.07, 6.45) is 18.6. The van der Waals surface area contributed by atoms with Crippen LogP contribution < -0.4 is 0 Å². The highest BCUT2D eigenvalue weighted by Crippen LogP contribution is 2.40. The highest BCUT2D eigenvalue weighted by Gasteiger charge is 2.42. The highest BCUT2D eigenvalue weighted by atomic mass is 28.4. The first-order chi connectivity index (χ1) is 18.5. The molecule has 5 heteroatoms. The number of hydrogen-bond acceptors (Lipinski definition) is 4. The van der Waals surface area contributed by atoms with Gasteiger partial charge in [0, 0.05) is 11.8 Å². The van der Waals surface area contributed by atoms with Crippen LogP contribution in [0.2, 0.25) is 18.1 Å². The first-order valence-electron chi connectivity index (χ1n) is 15.4. The van der Waals surface area contributed by atoms with Gasteiger partial charge in [-0.15, -0.1) is 0 Å². The van der Waals surface area contributed by atoms with Crippen LogP contribution >= 0.6 is 0 Å². The van der Waals surface area contributed by atoms with Crippen LogP contribution in [0.15, 0.2) is 59.8 Å². The van der Waals surface area contributed by atoms with Crippen molar-refractivity contribution in [1.29, 1.82) is 0 Å². The molecule has 230 valence electrons. The molecule has 0 fully saturated rings. The topological polar surface area (TPSA) is 66.8 Å². The molecule has 0 aromatic rings. The summed E-state index contributed by atoms with van der Waals surface area (Å²) in [5, 5.41) is 21.5. The predicted octanol–water partition coefficient (Wildman–Crippen LogP) is 8.98. The lowest BCUT2D eigenvalue weighted by Gasteiger charge is -2.44. The van der Waals surface area contributed by atoms with Gasteiger partial charge in [0.05, 0.1) is 18.3 Å². The molecular weight excluding hydrogens is 512 g/mol. The molecule has 0 rings (SSSR count). The summed E-state index contributed by atoms with van der Waals surface area (Å²) in [6.45, 7) is 26.5. The summed E-state index contributed by atoms with van der Waals surface area (Å²) in [7, 11) is -1.96. The van der Waals surface area contributed by atoms with E-state index >= 15 is 0 Å². The zero-order valence-electron chi connectivity index (χ0n) is 27.8. The summed E-state index contributed by atoms with van der Waals surface area (Å²) in [6, 6.07) is 0. The predicted molar refractivity (Wildman–Crippen MR) is 176 cm³/mol. The third-order valence-electron chi connectivity index (χ3n) is 8.48. The lowest BCUT2D eigenvalue weighted by molar-refractivity contribution is -0.104. The van der Waals surface area contributed by atoms with Gasteiger partial charge < -0.3 is 14.6 Å². The van der Waals surface area contributed by atoms with Crippen LogP contribution in [0.3, 0.4) is 0 Å². The van der Waals surface area contributed by atoms with Crippen LogP contribution in [0.1, 0.15) is 94.9 Å². The maximum Gasteiger partial charge on any atom is 0.192 e. The number of rotatable bonds is 18. The van der Waals surface area contributed by atoms with Crippen LogP contribution in [0, 0.1) is 23.7 Å². The second-order valence-corrected chi connectivity index (χ2v) is 18.0. The first-order valence-corrected chi connectivity index (χ1v) is 18.3. The second-order valence-electron chi connectivity index (χ2n) is 13.3. The lowest BCUT2D eigenvalue weighted by atomic mass is 9.83. The third kappa shape index (κ3) is 14.4. The Morgan fingerprint density at radius 1 is 0.950 bits per heavy atom. The van der Waals surface area contributed by atoms with Crippen LogP contribution in [-0.4, -0.2) is 43.1 Å². The number of aliphatic hydroxyl groups is 2. The van der Waals surface area contributed by atoms with Crippen molar-refractivity contribution in [2.24, 2.45) is 23.7 Å². The van der Waals surface area contributed by atoms with Crippen LogP contribution in [0.25, 0.3) is 0 Å². The van der Waals surface area contributed by atoms with Gasteiger partial charge in [0.1, 0.15) is 6.29 Å². The van der Waals surface area contributed by atoms with E-state index in [1.54, 1.807) is 12.2 Å². The smallest absolute Gasteiger partial charge is 0.192 e. The van der Waals surface area contributed by atoms with Gasteiger partial charge in [-0.3, -0.25) is 4.79 Å². The number of hydrogen-bond donors (Lipinski definition) is 2. The number of carbonyl (C=O) groups excluding carboxylic acids is 1. The largest absolute Gasteiger partial charge is 0.413 e. The molecule has 0 spiro atoms. The van der Waals surface area contributed by atoms with Gasteiger partial charge >= 0.3 is 0 Å². The van der Waals surface area contributed by atoms with Crippen LogP contribution in [0.4, 0.5) is 0 Å². The van der Waals surface area contributed by atoms with E-state index in [0.29, 0.717) is 18.3 Å². The standard InChI is InChI=1S/C35H62O4Si/c1-13-28(5)34(39-40(11,12)35(8,9)10)30(7)33(38)29(6)24-26(3)18-17-19-27(4)25-31(14-2)21-22-32(37)20-15-16-23-36/h15-18,21-25,27-30,32-34,37-38H,13-14,19-20H2,1-12H3/b16-15+,18-17+,22-21+,26-24+,31-25-/t27-,28+,29-,30-,32-,33-,34-/m1/s1. The van der Waals surface area contributed by atoms with E-state index in [0.717, 1.165) is 31.1 Å². The molecule has 0 amide bonds. The van der Waals surface area contributed by atoms with E-state index in [-0.39, 0.29) is 23.0 Å². The summed E-state index contributed by atoms with van der Waals surface area (Å²) in [4.78, 5) is 10.4. The quantitative estimate of drug-likeness (QED) is 0.0742. The van der Waals surface area contributed by atoms with E-state index in [9.17, 15) is 15.0 Å². The van der Waals surface area contributed by atoms with Crippen molar-refractivity contribution < 1.29 is 19.4 Å². The molecule has 0 heterocycles. The Kier molecular flexibility index (Phi) is 18.1. The Hall–Kier alpha value is -1.53. The number of carbonyl (C=O) groups is 1. The van der Waals surface area contributed by atoms with Crippen LogP contribution in [0.5, 0.6) is 0 Å². The normalized spacial score (nSPS) is 19.6. The zero-order valence-corrected chi connectivity index (χ0v) is 28.8. The molecule has 0 bridgehead atoms. The monoisotopic (exact) mass is 574 g/mol. The Morgan fingerprint density at radius 2 is 1.57 bits per heavy atom. The van der Waals surface area contributed by atoms with Gasteiger partial charge in [0.2, 0.25) is 0 Å². The maximum atomic E-state index is 11.4. The Balaban J connectivity index is 5.30. The molecule has 0 aliphatic rings. The van der Waals surface area contributed by atoms with Crippen molar-refractivity contribution in [3.63, 3.8) is 0 Å². The molecule has 0 radical (unpaired) electrons. The summed E-state index contributed by atoms with van der Waals surface area (Å²) in [5.41, 5.74) is 2.34. The Morgan fingerprint density at radius 3 is 2.10 bits per heavy atom. The van der Waals surface area contributed by atoms with Gasteiger partial charge in [-0.2, -0.15) is 0 Å². The number of aliphatic hydroxyl groups excluding tert-OH is 2. The first kappa shape index (κ1) is 38.5. The molecular formula is C35H62O4Si. The number of aldehydes is 1. The van der Waals surface area contributed by atoms with Crippen molar-refractivity contribution in [2.45, 2.75) is 131 Å². The summed E-state index contributed by atoms with van der Waals surface area (Å²) in [5.74, 6) is 0.812. The summed E-state index contributed by atoms with van der Waals surface area (Å²) < 4.78 is 6.88. The molecule has 0 aromatic heterocycles. The molecule has 0 aliphatic carbocycles. The van der Waals surface area contributed by atoms with Crippen molar-refractivity contribution in [2.75, 3.05) is 0 Å². The Bertz CT molecular complexity index is 874. The minimum Gasteiger partial charge on any atom is -0.413 e. The van der Waals surface area contributed by atoms with Crippen molar-refractivity contribution >= 4 is 14.6 Å². The Labute approximate surface area is 248 Å². The molecule has 0 saturated carbocycles. The molecule has 7 atom stereocenters. The van der Waals surface area contributed by atoms with Crippen molar-refractivity contribution in [1.82, 2.24) is 0 Å². The molecule has 4 nitrogen and oxygen atoms in total.